The zero-order chi connectivity index (χ0) is 10.8. The molecular formula is C13H20N2. The van der Waals surface area contributed by atoms with Crippen molar-refractivity contribution in [2.75, 3.05) is 18.0 Å². The molecule has 82 valence electrons. The van der Waals surface area contributed by atoms with Crippen molar-refractivity contribution in [3.63, 3.8) is 0 Å². The third-order valence-corrected chi connectivity index (χ3v) is 3.27. The molecule has 15 heavy (non-hydrogen) atoms. The Hall–Kier alpha value is -1.02. The Kier molecular flexibility index (Phi) is 2.96. The maximum Gasteiger partial charge on any atom is 0.0402 e. The Balaban J connectivity index is 2.29. The van der Waals surface area contributed by atoms with E-state index >= 15 is 0 Å². The molecule has 0 fully saturated rings. The van der Waals surface area contributed by atoms with Gasteiger partial charge in [-0.1, -0.05) is 12.1 Å². The summed E-state index contributed by atoms with van der Waals surface area (Å²) >= 11 is 0. The molecule has 0 spiro atoms. The fraction of sp³-hybridized carbons (Fsp3) is 0.538. The zero-order valence-corrected chi connectivity index (χ0v) is 9.66. The van der Waals surface area contributed by atoms with Gasteiger partial charge in [0, 0.05) is 18.3 Å². The van der Waals surface area contributed by atoms with Gasteiger partial charge in [-0.2, -0.15) is 0 Å². The molecule has 0 aromatic heterocycles. The number of anilines is 1. The molecule has 0 radical (unpaired) electrons. The standard InChI is InChI=1S/C13H20N2/c1-3-15-10(2)8-12-9-11(6-7-14)4-5-13(12)15/h4-5,9-10H,3,6-8,14H2,1-2H3. The van der Waals surface area contributed by atoms with Gasteiger partial charge >= 0.3 is 0 Å². The van der Waals surface area contributed by atoms with E-state index in [2.05, 4.69) is 36.9 Å². The van der Waals surface area contributed by atoms with Gasteiger partial charge in [0.2, 0.25) is 0 Å². The van der Waals surface area contributed by atoms with Gasteiger partial charge in [-0.15, -0.1) is 0 Å². The predicted molar refractivity (Wildman–Crippen MR) is 65.4 cm³/mol. The van der Waals surface area contributed by atoms with Crippen LogP contribution in [0.25, 0.3) is 0 Å². The zero-order valence-electron chi connectivity index (χ0n) is 9.66. The first-order valence-corrected chi connectivity index (χ1v) is 5.84. The van der Waals surface area contributed by atoms with E-state index in [9.17, 15) is 0 Å². The number of nitrogens with two attached hydrogens (primary N) is 1. The molecule has 0 saturated heterocycles. The van der Waals surface area contributed by atoms with Crippen molar-refractivity contribution in [3.05, 3.63) is 29.3 Å². The van der Waals surface area contributed by atoms with E-state index in [4.69, 9.17) is 5.73 Å². The summed E-state index contributed by atoms with van der Waals surface area (Å²) in [6.45, 7) is 6.36. The summed E-state index contributed by atoms with van der Waals surface area (Å²) in [7, 11) is 0. The number of rotatable bonds is 3. The smallest absolute Gasteiger partial charge is 0.0402 e. The molecule has 2 heteroatoms. The van der Waals surface area contributed by atoms with Gasteiger partial charge in [0.15, 0.2) is 0 Å². The van der Waals surface area contributed by atoms with Crippen molar-refractivity contribution >= 4 is 5.69 Å². The highest BCUT2D eigenvalue weighted by Gasteiger charge is 2.24. The first kappa shape index (κ1) is 10.5. The van der Waals surface area contributed by atoms with Crippen molar-refractivity contribution in [3.8, 4) is 0 Å². The minimum absolute atomic E-state index is 0.651. The molecule has 2 N–H and O–H groups in total. The molecule has 1 atom stereocenters. The lowest BCUT2D eigenvalue weighted by molar-refractivity contribution is 0.690. The Morgan fingerprint density at radius 1 is 1.47 bits per heavy atom. The van der Waals surface area contributed by atoms with Gasteiger partial charge in [-0.3, -0.25) is 0 Å². The summed E-state index contributed by atoms with van der Waals surface area (Å²) in [6.07, 6.45) is 2.18. The molecule has 2 nitrogen and oxygen atoms in total. The van der Waals surface area contributed by atoms with Gasteiger partial charge < -0.3 is 10.6 Å². The van der Waals surface area contributed by atoms with Crippen molar-refractivity contribution in [2.24, 2.45) is 5.73 Å². The van der Waals surface area contributed by atoms with Gasteiger partial charge in [0.25, 0.3) is 0 Å². The average molecular weight is 204 g/mol. The minimum Gasteiger partial charge on any atom is -0.369 e. The van der Waals surface area contributed by atoms with Crippen LogP contribution < -0.4 is 10.6 Å². The van der Waals surface area contributed by atoms with Crippen LogP contribution in [0.5, 0.6) is 0 Å². The van der Waals surface area contributed by atoms with Crippen LogP contribution in [0.3, 0.4) is 0 Å². The first-order valence-electron chi connectivity index (χ1n) is 5.84. The van der Waals surface area contributed by atoms with Crippen LogP contribution in [0.1, 0.15) is 25.0 Å². The molecule has 1 aliphatic heterocycles. The second-order valence-corrected chi connectivity index (χ2v) is 4.34. The SMILES string of the molecule is CCN1c2ccc(CCN)cc2CC1C. The monoisotopic (exact) mass is 204 g/mol. The van der Waals surface area contributed by atoms with Crippen molar-refractivity contribution < 1.29 is 0 Å². The van der Waals surface area contributed by atoms with Gasteiger partial charge in [-0.05, 0) is 50.4 Å². The third-order valence-electron chi connectivity index (χ3n) is 3.27. The Labute approximate surface area is 92.1 Å². The number of benzene rings is 1. The van der Waals surface area contributed by atoms with E-state index in [1.54, 1.807) is 0 Å². The molecule has 0 bridgehead atoms. The molecule has 0 aliphatic carbocycles. The first-order chi connectivity index (χ1) is 7.26. The molecule has 1 aromatic rings. The summed E-state index contributed by atoms with van der Waals surface area (Å²) in [6, 6.07) is 7.45. The third kappa shape index (κ3) is 1.86. The normalized spacial score (nSPS) is 19.4. The highest BCUT2D eigenvalue weighted by Crippen LogP contribution is 2.32. The highest BCUT2D eigenvalue weighted by molar-refractivity contribution is 5.60. The van der Waals surface area contributed by atoms with Crippen LogP contribution >= 0.6 is 0 Å². The van der Waals surface area contributed by atoms with Gasteiger partial charge in [-0.25, -0.2) is 0 Å². The van der Waals surface area contributed by atoms with E-state index in [0.29, 0.717) is 6.04 Å². The van der Waals surface area contributed by atoms with Gasteiger partial charge in [0.05, 0.1) is 0 Å². The van der Waals surface area contributed by atoms with E-state index in [1.165, 1.54) is 23.2 Å². The Morgan fingerprint density at radius 2 is 2.27 bits per heavy atom. The number of nitrogens with zero attached hydrogens (tertiary/aromatic N) is 1. The van der Waals surface area contributed by atoms with E-state index < -0.39 is 0 Å². The molecule has 2 rings (SSSR count). The molecule has 1 unspecified atom stereocenters. The fourth-order valence-electron chi connectivity index (χ4n) is 2.55. The minimum atomic E-state index is 0.651. The highest BCUT2D eigenvalue weighted by atomic mass is 15.2. The number of likely N-dealkylation sites (N-methyl/N-ethyl adjacent to an activating group) is 1. The quantitative estimate of drug-likeness (QED) is 0.815. The van der Waals surface area contributed by atoms with E-state index in [0.717, 1.165) is 19.5 Å². The van der Waals surface area contributed by atoms with E-state index in [1.807, 2.05) is 0 Å². The summed E-state index contributed by atoms with van der Waals surface area (Å²) in [4.78, 5) is 2.47. The Bertz CT molecular complexity index is 346. The molecule has 1 aliphatic rings. The van der Waals surface area contributed by atoms with Crippen molar-refractivity contribution in [1.29, 1.82) is 0 Å². The molecule has 1 aromatic carbocycles. The van der Waals surface area contributed by atoms with Crippen LogP contribution in [0.2, 0.25) is 0 Å². The summed E-state index contributed by atoms with van der Waals surface area (Å²) in [5.74, 6) is 0. The maximum absolute atomic E-state index is 5.58. The van der Waals surface area contributed by atoms with Crippen LogP contribution in [-0.4, -0.2) is 19.1 Å². The number of hydrogen-bond donors (Lipinski definition) is 1. The van der Waals surface area contributed by atoms with Crippen molar-refractivity contribution in [1.82, 2.24) is 0 Å². The van der Waals surface area contributed by atoms with Crippen LogP contribution in [0, 0.1) is 0 Å². The molecule has 0 saturated carbocycles. The van der Waals surface area contributed by atoms with Crippen LogP contribution in [0.4, 0.5) is 5.69 Å². The summed E-state index contributed by atoms with van der Waals surface area (Å²) in [5, 5.41) is 0. The lowest BCUT2D eigenvalue weighted by atomic mass is 10.1. The molecular weight excluding hydrogens is 184 g/mol. The number of fused-ring (bicyclic) bond motifs is 1. The van der Waals surface area contributed by atoms with Gasteiger partial charge in [0.1, 0.15) is 0 Å². The largest absolute Gasteiger partial charge is 0.369 e. The second-order valence-electron chi connectivity index (χ2n) is 4.34. The topological polar surface area (TPSA) is 29.3 Å². The summed E-state index contributed by atoms with van der Waals surface area (Å²) < 4.78 is 0. The molecule has 1 heterocycles. The lowest BCUT2D eigenvalue weighted by Gasteiger charge is -2.22. The van der Waals surface area contributed by atoms with Crippen molar-refractivity contribution in [2.45, 2.75) is 32.7 Å². The maximum atomic E-state index is 5.58. The van der Waals surface area contributed by atoms with E-state index in [-0.39, 0.29) is 0 Å². The average Bonchev–Trinajstić information content (AvgIpc) is 2.53. The Morgan fingerprint density at radius 3 is 2.93 bits per heavy atom. The summed E-state index contributed by atoms with van der Waals surface area (Å²) in [5.41, 5.74) is 9.87. The number of hydrogen-bond acceptors (Lipinski definition) is 2. The van der Waals surface area contributed by atoms with Crippen LogP contribution in [-0.2, 0) is 12.8 Å². The predicted octanol–water partition coefficient (Wildman–Crippen LogP) is 1.96. The fourth-order valence-corrected chi connectivity index (χ4v) is 2.55. The molecule has 0 amide bonds. The lowest BCUT2D eigenvalue weighted by Crippen LogP contribution is -2.28. The second kappa shape index (κ2) is 4.23. The van der Waals surface area contributed by atoms with Crippen LogP contribution in [0.15, 0.2) is 18.2 Å².